The summed E-state index contributed by atoms with van der Waals surface area (Å²) >= 11 is 0. The number of aromatic nitrogens is 2. The second kappa shape index (κ2) is 7.95. The molecule has 5 heteroatoms. The molecule has 5 nitrogen and oxygen atoms in total. The van der Waals surface area contributed by atoms with E-state index in [9.17, 15) is 0 Å². The Kier molecular flexibility index (Phi) is 4.85. The Morgan fingerprint density at radius 1 is 1.00 bits per heavy atom. The summed E-state index contributed by atoms with van der Waals surface area (Å²) in [4.78, 5) is 13.3. The van der Waals surface area contributed by atoms with Crippen LogP contribution in [-0.4, -0.2) is 16.2 Å². The Hall–Kier alpha value is -3.73. The quantitative estimate of drug-likeness (QED) is 0.429. The third kappa shape index (κ3) is 3.62. The Morgan fingerprint density at radius 2 is 1.87 bits per heavy atom. The molecule has 0 amide bonds. The van der Waals surface area contributed by atoms with Crippen LogP contribution in [0.15, 0.2) is 88.7 Å². The second-order valence-corrected chi connectivity index (χ2v) is 7.40. The number of rotatable bonds is 5. The van der Waals surface area contributed by atoms with Crippen LogP contribution in [0.2, 0.25) is 0 Å². The molecular weight excluding hydrogens is 374 g/mol. The van der Waals surface area contributed by atoms with Crippen molar-refractivity contribution in [2.24, 2.45) is 10.9 Å². The van der Waals surface area contributed by atoms with Crippen LogP contribution in [-0.2, 0) is 6.61 Å². The molecule has 0 fully saturated rings. The topological polar surface area (TPSA) is 60.5 Å². The minimum atomic E-state index is 0.134. The van der Waals surface area contributed by atoms with Gasteiger partial charge in [0.15, 0.2) is 6.39 Å². The van der Waals surface area contributed by atoms with Gasteiger partial charge in [-0.05, 0) is 36.4 Å². The summed E-state index contributed by atoms with van der Waals surface area (Å²) in [5, 5.41) is 1.13. The molecule has 0 saturated carbocycles. The van der Waals surface area contributed by atoms with Gasteiger partial charge in [-0.15, -0.1) is 0 Å². The molecule has 2 aromatic heterocycles. The predicted octanol–water partition coefficient (Wildman–Crippen LogP) is 5.79. The molecule has 3 heterocycles. The first kappa shape index (κ1) is 18.3. The minimum Gasteiger partial charge on any atom is -0.487 e. The summed E-state index contributed by atoms with van der Waals surface area (Å²) < 4.78 is 11.7. The fraction of sp³-hybridized carbons (Fsp3) is 0.160. The number of hydrogen-bond acceptors (Lipinski definition) is 5. The maximum absolute atomic E-state index is 5.94. The highest BCUT2D eigenvalue weighted by Gasteiger charge is 2.24. The van der Waals surface area contributed by atoms with Crippen LogP contribution >= 0.6 is 0 Å². The number of hydrogen-bond donors (Lipinski definition) is 0. The summed E-state index contributed by atoms with van der Waals surface area (Å²) in [7, 11) is 0. The third-order valence-corrected chi connectivity index (χ3v) is 5.34. The molecule has 0 radical (unpaired) electrons. The average molecular weight is 395 g/mol. The van der Waals surface area contributed by atoms with Crippen molar-refractivity contribution in [1.29, 1.82) is 0 Å². The summed E-state index contributed by atoms with van der Waals surface area (Å²) in [6.45, 7) is 2.55. The van der Waals surface area contributed by atoms with Crippen molar-refractivity contribution in [1.82, 2.24) is 9.97 Å². The zero-order chi connectivity index (χ0) is 20.3. The number of ether oxygens (including phenoxy) is 1. The monoisotopic (exact) mass is 395 g/mol. The second-order valence-electron chi connectivity index (χ2n) is 7.40. The fourth-order valence-electron chi connectivity index (χ4n) is 3.69. The van der Waals surface area contributed by atoms with E-state index in [0.29, 0.717) is 6.61 Å². The molecule has 2 unspecified atom stereocenters. The molecule has 2 aromatic carbocycles. The predicted molar refractivity (Wildman–Crippen MR) is 118 cm³/mol. The minimum absolute atomic E-state index is 0.134. The maximum Gasteiger partial charge on any atom is 0.181 e. The first-order valence-corrected chi connectivity index (χ1v) is 9.99. The first-order chi connectivity index (χ1) is 14.8. The molecule has 0 N–H and O–H groups in total. The first-order valence-electron chi connectivity index (χ1n) is 9.99. The molecule has 30 heavy (non-hydrogen) atoms. The van der Waals surface area contributed by atoms with E-state index in [-0.39, 0.29) is 11.8 Å². The van der Waals surface area contributed by atoms with Crippen molar-refractivity contribution in [3.8, 4) is 17.0 Å². The van der Waals surface area contributed by atoms with Gasteiger partial charge in [0.1, 0.15) is 23.8 Å². The number of allylic oxidation sites excluding steroid dienone is 1. The summed E-state index contributed by atoms with van der Waals surface area (Å²) in [5.74, 6) is 2.05. The molecular formula is C25H21N3O2. The van der Waals surface area contributed by atoms with Crippen molar-refractivity contribution >= 4 is 17.1 Å². The highest BCUT2D eigenvalue weighted by atomic mass is 16.5. The van der Waals surface area contributed by atoms with Gasteiger partial charge in [0.05, 0.1) is 11.2 Å². The summed E-state index contributed by atoms with van der Waals surface area (Å²) in [6, 6.07) is 20.1. The molecule has 148 valence electrons. The van der Waals surface area contributed by atoms with E-state index in [1.165, 1.54) is 6.39 Å². The van der Waals surface area contributed by atoms with Crippen molar-refractivity contribution < 1.29 is 9.15 Å². The molecule has 0 bridgehead atoms. The molecule has 0 spiro atoms. The molecule has 1 aliphatic heterocycles. The number of pyridine rings is 1. The molecule has 1 aliphatic rings. The largest absolute Gasteiger partial charge is 0.487 e. The number of oxazole rings is 1. The van der Waals surface area contributed by atoms with E-state index in [4.69, 9.17) is 9.15 Å². The lowest BCUT2D eigenvalue weighted by atomic mass is 9.89. The highest BCUT2D eigenvalue weighted by molar-refractivity contribution is 5.78. The van der Waals surface area contributed by atoms with Crippen LogP contribution in [0, 0.1) is 5.92 Å². The lowest BCUT2D eigenvalue weighted by Crippen LogP contribution is -2.11. The van der Waals surface area contributed by atoms with Crippen molar-refractivity contribution in [3.05, 3.63) is 90.8 Å². The lowest BCUT2D eigenvalue weighted by molar-refractivity contribution is 0.302. The lowest BCUT2D eigenvalue weighted by Gasteiger charge is -2.18. The molecule has 2 atom stereocenters. The number of nitrogens with zero attached hydrogens (tertiary/aromatic N) is 3. The van der Waals surface area contributed by atoms with Gasteiger partial charge in [-0.3, -0.25) is 4.99 Å². The number of para-hydroxylation sites is 1. The smallest absolute Gasteiger partial charge is 0.181 e. The summed E-state index contributed by atoms with van der Waals surface area (Å²) in [6.07, 6.45) is 7.32. The van der Waals surface area contributed by atoms with Crippen molar-refractivity contribution in [2.45, 2.75) is 19.4 Å². The van der Waals surface area contributed by atoms with Crippen LogP contribution in [0.25, 0.3) is 22.2 Å². The standard InChI is InChI=1S/C25H21N3O2/c1-17-14-26-13-12-22(17)25-24(27-16-30-25)19-7-10-21(11-8-19)29-15-20-9-6-18-4-2-3-5-23(18)28-20/h2-14,16-17,22H,15H2,1H3. The van der Waals surface area contributed by atoms with Crippen LogP contribution in [0.1, 0.15) is 24.3 Å². The molecule has 5 rings (SSSR count). The number of benzene rings is 2. The van der Waals surface area contributed by atoms with E-state index >= 15 is 0 Å². The van der Waals surface area contributed by atoms with Crippen molar-refractivity contribution in [2.75, 3.05) is 0 Å². The Bertz CT molecular complexity index is 1220. The number of aliphatic imine (C=N–C) groups is 1. The maximum atomic E-state index is 5.94. The van der Waals surface area contributed by atoms with Gasteiger partial charge >= 0.3 is 0 Å². The Balaban J connectivity index is 1.31. The van der Waals surface area contributed by atoms with E-state index < -0.39 is 0 Å². The highest BCUT2D eigenvalue weighted by Crippen LogP contribution is 2.35. The van der Waals surface area contributed by atoms with Gasteiger partial charge in [-0.1, -0.05) is 37.3 Å². The number of fused-ring (bicyclic) bond motifs is 1. The Morgan fingerprint density at radius 3 is 2.73 bits per heavy atom. The third-order valence-electron chi connectivity index (χ3n) is 5.34. The van der Waals surface area contributed by atoms with Crippen LogP contribution in [0.3, 0.4) is 0 Å². The van der Waals surface area contributed by atoms with E-state index in [1.54, 1.807) is 0 Å². The van der Waals surface area contributed by atoms with E-state index in [2.05, 4.69) is 40.1 Å². The van der Waals surface area contributed by atoms with Crippen molar-refractivity contribution in [3.63, 3.8) is 0 Å². The van der Waals surface area contributed by atoms with Gasteiger partial charge in [0.25, 0.3) is 0 Å². The van der Waals surface area contributed by atoms with Crippen LogP contribution in [0.4, 0.5) is 0 Å². The van der Waals surface area contributed by atoms with Gasteiger partial charge < -0.3 is 9.15 Å². The molecule has 4 aromatic rings. The van der Waals surface area contributed by atoms with Gasteiger partial charge in [0.2, 0.25) is 0 Å². The van der Waals surface area contributed by atoms with Gasteiger partial charge in [-0.2, -0.15) is 0 Å². The fourth-order valence-corrected chi connectivity index (χ4v) is 3.69. The van der Waals surface area contributed by atoms with Crippen LogP contribution < -0.4 is 4.74 Å². The Labute approximate surface area is 174 Å². The van der Waals surface area contributed by atoms with Gasteiger partial charge in [-0.25, -0.2) is 9.97 Å². The zero-order valence-corrected chi connectivity index (χ0v) is 16.6. The van der Waals surface area contributed by atoms with E-state index in [0.717, 1.165) is 39.4 Å². The van der Waals surface area contributed by atoms with E-state index in [1.807, 2.05) is 60.9 Å². The SMILES string of the molecule is CC1C=NC=CC1c1ocnc1-c1ccc(OCc2ccc3ccccc3n2)cc1. The van der Waals surface area contributed by atoms with Crippen LogP contribution in [0.5, 0.6) is 5.75 Å². The normalized spacial score (nSPS) is 18.0. The molecule has 0 aliphatic carbocycles. The average Bonchev–Trinajstić information content (AvgIpc) is 3.28. The zero-order valence-electron chi connectivity index (χ0n) is 16.6. The van der Waals surface area contributed by atoms with Gasteiger partial charge in [0, 0.05) is 35.2 Å². The summed E-state index contributed by atoms with van der Waals surface area (Å²) in [5.41, 5.74) is 3.73. The molecule has 0 saturated heterocycles.